The highest BCUT2D eigenvalue weighted by atomic mass is 16.4. The second kappa shape index (κ2) is 6.52. The van der Waals surface area contributed by atoms with E-state index in [4.69, 9.17) is 10.8 Å². The Kier molecular flexibility index (Phi) is 6.02. The lowest BCUT2D eigenvalue weighted by Crippen LogP contribution is -2.10. The van der Waals surface area contributed by atoms with Crippen molar-refractivity contribution in [3.05, 3.63) is 11.3 Å². The minimum Gasteiger partial charge on any atom is -0.478 e. The minimum atomic E-state index is -0.865. The third-order valence-corrected chi connectivity index (χ3v) is 2.06. The average Bonchev–Trinajstić information content (AvgIpc) is 2.11. The molecule has 0 bridgehead atoms. The van der Waals surface area contributed by atoms with E-state index in [0.717, 1.165) is 19.3 Å². The molecule has 0 rings (SSSR count). The van der Waals surface area contributed by atoms with E-state index in [0.29, 0.717) is 24.1 Å². The van der Waals surface area contributed by atoms with E-state index in [2.05, 4.69) is 6.92 Å². The van der Waals surface area contributed by atoms with E-state index in [-0.39, 0.29) is 0 Å². The Morgan fingerprint density at radius 1 is 1.31 bits per heavy atom. The van der Waals surface area contributed by atoms with Gasteiger partial charge in [-0.2, -0.15) is 0 Å². The molecular formula is C10H19NO2. The van der Waals surface area contributed by atoms with Crippen LogP contribution in [0.3, 0.4) is 0 Å². The Hall–Kier alpha value is -0.990. The molecule has 0 atom stereocenters. The monoisotopic (exact) mass is 185 g/mol. The zero-order valence-corrected chi connectivity index (χ0v) is 8.47. The van der Waals surface area contributed by atoms with Crippen LogP contribution in [0.2, 0.25) is 0 Å². The van der Waals surface area contributed by atoms with Crippen molar-refractivity contribution in [1.82, 2.24) is 0 Å². The molecule has 0 aliphatic rings. The number of nitrogens with two attached hydrogens (primary N) is 1. The maximum Gasteiger partial charge on any atom is 0.333 e. The molecule has 0 amide bonds. The molecule has 0 fully saturated rings. The Morgan fingerprint density at radius 2 is 1.92 bits per heavy atom. The predicted octanol–water partition coefficient (Wildman–Crippen LogP) is 2.27. The van der Waals surface area contributed by atoms with Crippen molar-refractivity contribution in [2.45, 2.75) is 46.0 Å². The maximum atomic E-state index is 10.8. The van der Waals surface area contributed by atoms with E-state index in [1.54, 1.807) is 0 Å². The first-order chi connectivity index (χ1) is 6.13. The van der Waals surface area contributed by atoms with Gasteiger partial charge in [0, 0.05) is 5.70 Å². The van der Waals surface area contributed by atoms with Crippen LogP contribution in [0.5, 0.6) is 0 Å². The highest BCUT2D eigenvalue weighted by Gasteiger charge is 2.10. The smallest absolute Gasteiger partial charge is 0.333 e. The lowest BCUT2D eigenvalue weighted by atomic mass is 10.0. The molecular weight excluding hydrogens is 166 g/mol. The SMILES string of the molecule is CCCCCC(C(=O)O)=C(N)CC. The van der Waals surface area contributed by atoms with Gasteiger partial charge in [0.05, 0.1) is 5.57 Å². The fourth-order valence-electron chi connectivity index (χ4n) is 1.17. The first kappa shape index (κ1) is 12.0. The van der Waals surface area contributed by atoms with Gasteiger partial charge in [0.1, 0.15) is 0 Å². The molecule has 0 aromatic rings. The lowest BCUT2D eigenvalue weighted by molar-refractivity contribution is -0.132. The molecule has 3 nitrogen and oxygen atoms in total. The molecule has 0 saturated carbocycles. The largest absolute Gasteiger partial charge is 0.478 e. The number of hydrogen-bond donors (Lipinski definition) is 2. The van der Waals surface area contributed by atoms with Gasteiger partial charge in [-0.1, -0.05) is 26.7 Å². The van der Waals surface area contributed by atoms with Gasteiger partial charge in [0.2, 0.25) is 0 Å². The molecule has 3 heteroatoms. The fraction of sp³-hybridized carbons (Fsp3) is 0.700. The van der Waals surface area contributed by atoms with Gasteiger partial charge >= 0.3 is 5.97 Å². The van der Waals surface area contributed by atoms with Crippen LogP contribution in [-0.4, -0.2) is 11.1 Å². The number of aliphatic carboxylic acids is 1. The van der Waals surface area contributed by atoms with Crippen LogP contribution in [-0.2, 0) is 4.79 Å². The van der Waals surface area contributed by atoms with Crippen LogP contribution < -0.4 is 5.73 Å². The van der Waals surface area contributed by atoms with Crippen LogP contribution >= 0.6 is 0 Å². The van der Waals surface area contributed by atoms with Crippen molar-refractivity contribution in [1.29, 1.82) is 0 Å². The number of carboxylic acids is 1. The standard InChI is InChI=1S/C10H19NO2/c1-3-5-6-7-8(10(12)13)9(11)4-2/h3-7,11H2,1-2H3,(H,12,13). The van der Waals surface area contributed by atoms with Crippen LogP contribution in [0, 0.1) is 0 Å². The lowest BCUT2D eigenvalue weighted by Gasteiger charge is -2.05. The zero-order valence-electron chi connectivity index (χ0n) is 8.47. The summed E-state index contributed by atoms with van der Waals surface area (Å²) in [7, 11) is 0. The van der Waals surface area contributed by atoms with Gasteiger partial charge in [0.25, 0.3) is 0 Å². The molecule has 0 spiro atoms. The van der Waals surface area contributed by atoms with Crippen molar-refractivity contribution >= 4 is 5.97 Å². The van der Waals surface area contributed by atoms with Gasteiger partial charge < -0.3 is 10.8 Å². The summed E-state index contributed by atoms with van der Waals surface area (Å²) in [5.41, 5.74) is 6.52. The molecule has 0 aliphatic heterocycles. The Bertz CT molecular complexity index is 197. The molecule has 76 valence electrons. The summed E-state index contributed by atoms with van der Waals surface area (Å²) in [6.07, 6.45) is 4.29. The number of unbranched alkanes of at least 4 members (excludes halogenated alkanes) is 2. The summed E-state index contributed by atoms with van der Waals surface area (Å²) in [5.74, 6) is -0.865. The number of rotatable bonds is 6. The average molecular weight is 185 g/mol. The van der Waals surface area contributed by atoms with Gasteiger partial charge in [-0.05, 0) is 19.3 Å². The molecule has 0 aromatic heterocycles. The van der Waals surface area contributed by atoms with Crippen molar-refractivity contribution in [2.24, 2.45) is 5.73 Å². The van der Waals surface area contributed by atoms with Gasteiger partial charge in [0.15, 0.2) is 0 Å². The first-order valence-corrected chi connectivity index (χ1v) is 4.84. The third kappa shape index (κ3) is 4.55. The van der Waals surface area contributed by atoms with Crippen LogP contribution in [0.15, 0.2) is 11.3 Å². The Labute approximate surface area is 79.6 Å². The molecule has 0 radical (unpaired) electrons. The highest BCUT2D eigenvalue weighted by molar-refractivity contribution is 5.87. The first-order valence-electron chi connectivity index (χ1n) is 4.84. The van der Waals surface area contributed by atoms with Crippen molar-refractivity contribution < 1.29 is 9.90 Å². The number of allylic oxidation sites excluding steroid dienone is 1. The Balaban J connectivity index is 4.19. The van der Waals surface area contributed by atoms with E-state index in [1.165, 1.54) is 0 Å². The number of carbonyl (C=O) groups is 1. The number of carboxylic acid groups (broad SMARTS) is 1. The molecule has 0 aliphatic carbocycles. The third-order valence-electron chi connectivity index (χ3n) is 2.06. The summed E-state index contributed by atoms with van der Waals surface area (Å²) in [6, 6.07) is 0. The van der Waals surface area contributed by atoms with Gasteiger partial charge in [-0.15, -0.1) is 0 Å². The predicted molar refractivity (Wildman–Crippen MR) is 53.3 cm³/mol. The molecule has 0 heterocycles. The van der Waals surface area contributed by atoms with Gasteiger partial charge in [-0.25, -0.2) is 4.79 Å². The van der Waals surface area contributed by atoms with E-state index < -0.39 is 5.97 Å². The molecule has 13 heavy (non-hydrogen) atoms. The van der Waals surface area contributed by atoms with Gasteiger partial charge in [-0.3, -0.25) is 0 Å². The van der Waals surface area contributed by atoms with Crippen molar-refractivity contribution in [2.75, 3.05) is 0 Å². The van der Waals surface area contributed by atoms with E-state index in [9.17, 15) is 4.79 Å². The summed E-state index contributed by atoms with van der Waals surface area (Å²) in [4.78, 5) is 10.8. The highest BCUT2D eigenvalue weighted by Crippen LogP contribution is 2.13. The summed E-state index contributed by atoms with van der Waals surface area (Å²) in [6.45, 7) is 3.96. The fourth-order valence-corrected chi connectivity index (χ4v) is 1.17. The second-order valence-electron chi connectivity index (χ2n) is 3.12. The molecule has 3 N–H and O–H groups in total. The summed E-state index contributed by atoms with van der Waals surface area (Å²) in [5, 5.41) is 8.84. The Morgan fingerprint density at radius 3 is 2.31 bits per heavy atom. The molecule has 0 aromatic carbocycles. The van der Waals surface area contributed by atoms with Crippen molar-refractivity contribution in [3.8, 4) is 0 Å². The van der Waals surface area contributed by atoms with Crippen LogP contribution in [0.25, 0.3) is 0 Å². The maximum absolute atomic E-state index is 10.8. The summed E-state index contributed by atoms with van der Waals surface area (Å²) < 4.78 is 0. The number of hydrogen-bond acceptors (Lipinski definition) is 2. The van der Waals surface area contributed by atoms with E-state index in [1.807, 2.05) is 6.92 Å². The summed E-state index contributed by atoms with van der Waals surface area (Å²) >= 11 is 0. The van der Waals surface area contributed by atoms with Crippen LogP contribution in [0.4, 0.5) is 0 Å². The zero-order chi connectivity index (χ0) is 10.3. The second-order valence-corrected chi connectivity index (χ2v) is 3.12. The topological polar surface area (TPSA) is 63.3 Å². The molecule has 0 saturated heterocycles. The quantitative estimate of drug-likeness (QED) is 0.493. The normalized spacial score (nSPS) is 12.5. The molecule has 0 unspecified atom stereocenters. The van der Waals surface area contributed by atoms with E-state index >= 15 is 0 Å². The minimum absolute atomic E-state index is 0.399. The van der Waals surface area contributed by atoms with Crippen molar-refractivity contribution in [3.63, 3.8) is 0 Å². The van der Waals surface area contributed by atoms with Crippen LogP contribution in [0.1, 0.15) is 46.0 Å².